The van der Waals surface area contributed by atoms with Crippen molar-refractivity contribution >= 4 is 44.8 Å². The molecule has 0 aliphatic heterocycles. The van der Waals surface area contributed by atoms with Gasteiger partial charge in [-0.1, -0.05) is 122 Å². The van der Waals surface area contributed by atoms with Crippen LogP contribution in [-0.2, 0) is 20.1 Å². The Morgan fingerprint density at radius 1 is 0.646 bits per heavy atom. The maximum Gasteiger partial charge on any atom is 0.0795 e. The summed E-state index contributed by atoms with van der Waals surface area (Å²) in [5.41, 5.74) is 7.05. The largest absolute Gasteiger partial charge is 0.305 e. The third-order valence-corrected chi connectivity index (χ3v) is 11.2. The summed E-state index contributed by atoms with van der Waals surface area (Å²) in [6.45, 7) is 7.02. The van der Waals surface area contributed by atoms with Crippen molar-refractivity contribution in [2.75, 3.05) is 0 Å². The number of thiophene rings is 1. The van der Waals surface area contributed by atoms with Crippen molar-refractivity contribution in [1.82, 2.24) is 9.97 Å². The van der Waals surface area contributed by atoms with Crippen LogP contribution in [0.25, 0.3) is 64.9 Å². The molecule has 0 amide bonds. The molecule has 0 fully saturated rings. The van der Waals surface area contributed by atoms with E-state index in [9.17, 15) is 0 Å². The Kier molecular flexibility index (Phi) is 8.41. The van der Waals surface area contributed by atoms with Gasteiger partial charge in [0.25, 0.3) is 0 Å². The molecule has 8 aromatic rings. The van der Waals surface area contributed by atoms with Crippen molar-refractivity contribution in [2.45, 2.75) is 19.6 Å². The zero-order valence-corrected chi connectivity index (χ0v) is 30.9. The van der Waals surface area contributed by atoms with Crippen LogP contribution in [0.4, 0.5) is 0 Å². The van der Waals surface area contributed by atoms with E-state index in [1.165, 1.54) is 16.3 Å². The summed E-state index contributed by atoms with van der Waals surface area (Å²) in [6, 6.07) is 41.5. The van der Waals surface area contributed by atoms with Crippen LogP contribution in [0, 0.1) is 12.1 Å². The first-order chi connectivity index (χ1) is 25.0. The van der Waals surface area contributed by atoms with Gasteiger partial charge in [-0.15, -0.1) is 59.2 Å². The molecule has 0 saturated carbocycles. The molecule has 0 spiro atoms. The summed E-state index contributed by atoms with van der Waals surface area (Å²) in [6.07, 6.45) is 3.79. The monoisotopic (exact) mass is 836 g/mol. The van der Waals surface area contributed by atoms with Crippen molar-refractivity contribution in [3.05, 3.63) is 164 Å². The number of aromatic nitrogens is 2. The van der Waals surface area contributed by atoms with Crippen LogP contribution in [0.5, 0.6) is 0 Å². The number of hydrogen-bond acceptors (Lipinski definition) is 3. The van der Waals surface area contributed by atoms with Gasteiger partial charge in [0.15, 0.2) is 0 Å². The van der Waals surface area contributed by atoms with Crippen molar-refractivity contribution in [2.24, 2.45) is 0 Å². The second-order valence-electron chi connectivity index (χ2n) is 12.2. The van der Waals surface area contributed by atoms with Crippen molar-refractivity contribution in [1.29, 1.82) is 0 Å². The van der Waals surface area contributed by atoms with Gasteiger partial charge < -0.3 is 9.97 Å². The minimum Gasteiger partial charge on any atom is -0.305 e. The number of hydrogen-bond donors (Lipinski definition) is 0. The molecule has 5 heteroatoms. The summed E-state index contributed by atoms with van der Waals surface area (Å²) >= 11 is 1.59. The number of fused-ring (bicyclic) bond motifs is 3. The Labute approximate surface area is 308 Å². The molecule has 3 aromatic heterocycles. The van der Waals surface area contributed by atoms with Crippen LogP contribution >= 0.6 is 11.3 Å². The molecule has 0 aliphatic rings. The molecular formula is C43H34IrN2SSi-2. The number of benzene rings is 5. The molecule has 0 saturated heterocycles. The zero-order valence-electron chi connectivity index (χ0n) is 31.7. The van der Waals surface area contributed by atoms with Crippen molar-refractivity contribution < 1.29 is 27.0 Å². The van der Waals surface area contributed by atoms with Crippen LogP contribution in [0.3, 0.4) is 0 Å². The number of pyridine rings is 2. The molecule has 0 N–H and O–H groups in total. The van der Waals surface area contributed by atoms with Gasteiger partial charge in [0, 0.05) is 37.2 Å². The predicted octanol–water partition coefficient (Wildman–Crippen LogP) is 11.3. The average Bonchev–Trinajstić information content (AvgIpc) is 3.55. The van der Waals surface area contributed by atoms with Crippen LogP contribution < -0.4 is 5.19 Å². The van der Waals surface area contributed by atoms with E-state index >= 15 is 0 Å². The van der Waals surface area contributed by atoms with Gasteiger partial charge in [0.05, 0.1) is 14.9 Å². The Morgan fingerprint density at radius 2 is 1.42 bits per heavy atom. The van der Waals surface area contributed by atoms with E-state index in [4.69, 9.17) is 6.85 Å². The molecule has 3 heterocycles. The Balaban J connectivity index is 0.000000187. The maximum absolute atomic E-state index is 8.25. The van der Waals surface area contributed by atoms with E-state index in [0.29, 0.717) is 5.56 Å². The first kappa shape index (κ1) is 27.4. The van der Waals surface area contributed by atoms with E-state index in [-0.39, 0.29) is 55.9 Å². The molecule has 237 valence electrons. The Bertz CT molecular complexity index is 2530. The summed E-state index contributed by atoms with van der Waals surface area (Å²) in [7, 11) is -1.29. The fourth-order valence-electron chi connectivity index (χ4n) is 5.41. The fourth-order valence-corrected chi connectivity index (χ4v) is 7.70. The van der Waals surface area contributed by atoms with Gasteiger partial charge in [-0.05, 0) is 55.5 Å². The van der Waals surface area contributed by atoms with E-state index in [1.807, 2.05) is 66.9 Å². The van der Waals surface area contributed by atoms with Crippen LogP contribution in [0.1, 0.15) is 6.85 Å². The SMILES string of the molecule is C[Si](C)(C)c1ccc(-c2[c-]ccc(-c3ccccc3)c2)nc1.[2H]c1c([2H])c([2H])c(-c2ccc3c(c2)sc2c(-c4ccccn4)[c-]ccc23)c([2H])c1[2H].[Ir]. The zero-order chi connectivity index (χ0) is 36.6. The van der Waals surface area contributed by atoms with E-state index in [2.05, 4.69) is 90.3 Å². The quantitative estimate of drug-likeness (QED) is 0.127. The van der Waals surface area contributed by atoms with Gasteiger partial charge in [0.1, 0.15) is 0 Å². The van der Waals surface area contributed by atoms with Crippen LogP contribution in [-0.4, -0.2) is 18.0 Å². The van der Waals surface area contributed by atoms with Gasteiger partial charge in [-0.3, -0.25) is 0 Å². The minimum absolute atomic E-state index is 0. The molecule has 1 radical (unpaired) electrons. The second-order valence-corrected chi connectivity index (χ2v) is 18.3. The number of nitrogens with zero attached hydrogens (tertiary/aromatic N) is 2. The minimum atomic E-state index is -1.29. The molecule has 48 heavy (non-hydrogen) atoms. The molecular weight excluding hydrogens is 797 g/mol. The van der Waals surface area contributed by atoms with Crippen LogP contribution in [0.2, 0.25) is 19.6 Å². The summed E-state index contributed by atoms with van der Waals surface area (Å²) in [5.74, 6) is 0. The Hall–Kier alpha value is -4.51. The van der Waals surface area contributed by atoms with E-state index < -0.39 is 8.07 Å². The van der Waals surface area contributed by atoms with Gasteiger partial charge in [0.2, 0.25) is 0 Å². The topological polar surface area (TPSA) is 25.8 Å². The smallest absolute Gasteiger partial charge is 0.0795 e. The molecule has 0 unspecified atom stereocenters. The van der Waals surface area contributed by atoms with Gasteiger partial charge in [-0.25, -0.2) is 0 Å². The van der Waals surface area contributed by atoms with E-state index in [1.54, 1.807) is 17.5 Å². The normalized spacial score (nSPS) is 12.5. The maximum atomic E-state index is 8.25. The third kappa shape index (κ3) is 7.30. The third-order valence-electron chi connectivity index (χ3n) is 7.96. The van der Waals surface area contributed by atoms with Gasteiger partial charge >= 0.3 is 0 Å². The fraction of sp³-hybridized carbons (Fsp3) is 0.0698. The molecule has 0 atom stereocenters. The molecule has 8 rings (SSSR count). The standard InChI is InChI=1S/C23H14NS.C20H20NSi.Ir/c1-2-7-16(8-3-1)17-12-13-18-19-9-6-10-20(21-11-4-5-14-24-21)23(19)25-22(18)15-17;1-22(2,3)19-12-13-20(21-15-19)18-11-7-10-17(14-18)16-8-5-4-6-9-16;/h1-9,11-15H;4-10,12-15H,1-3H3;/q2*-1;/i1D,2D,3D,7D,8D;;. The van der Waals surface area contributed by atoms with Crippen molar-refractivity contribution in [3.63, 3.8) is 0 Å². The van der Waals surface area contributed by atoms with E-state index in [0.717, 1.165) is 42.7 Å². The van der Waals surface area contributed by atoms with Crippen LogP contribution in [0.15, 0.2) is 152 Å². The molecule has 5 aromatic carbocycles. The summed E-state index contributed by atoms with van der Waals surface area (Å²) < 4.78 is 42.2. The predicted molar refractivity (Wildman–Crippen MR) is 204 cm³/mol. The summed E-state index contributed by atoms with van der Waals surface area (Å²) in [5, 5.41) is 3.52. The van der Waals surface area contributed by atoms with Crippen molar-refractivity contribution in [3.8, 4) is 44.8 Å². The Morgan fingerprint density at radius 3 is 2.15 bits per heavy atom. The molecule has 2 nitrogen and oxygen atoms in total. The molecule has 0 bridgehead atoms. The van der Waals surface area contributed by atoms with Gasteiger partial charge in [-0.2, -0.15) is 11.3 Å². The second kappa shape index (κ2) is 14.7. The first-order valence-corrected chi connectivity index (χ1v) is 19.7. The summed E-state index contributed by atoms with van der Waals surface area (Å²) in [4.78, 5) is 9.11. The molecule has 0 aliphatic carbocycles. The first-order valence-electron chi connectivity index (χ1n) is 17.9. The average molecular weight is 836 g/mol. The number of rotatable bonds is 5.